The average molecular weight is 418 g/mol. The number of rotatable bonds is 2. The van der Waals surface area contributed by atoms with Gasteiger partial charge in [0.15, 0.2) is 0 Å². The fourth-order valence-corrected chi connectivity index (χ4v) is 5.27. The van der Waals surface area contributed by atoms with Crippen molar-refractivity contribution in [1.29, 1.82) is 0 Å². The molecule has 30 heavy (non-hydrogen) atoms. The summed E-state index contributed by atoms with van der Waals surface area (Å²) >= 11 is 0. The van der Waals surface area contributed by atoms with Crippen molar-refractivity contribution in [3.63, 3.8) is 0 Å². The molecule has 7 atom stereocenters. The van der Waals surface area contributed by atoms with Crippen LogP contribution in [0.2, 0.25) is 0 Å². The van der Waals surface area contributed by atoms with E-state index in [4.69, 9.17) is 4.74 Å². The van der Waals surface area contributed by atoms with E-state index < -0.39 is 23.8 Å². The Bertz CT molecular complexity index is 782. The number of carbonyl (C=O) groups excluding carboxylic acids is 2. The lowest BCUT2D eigenvalue weighted by Gasteiger charge is -2.45. The first-order valence-corrected chi connectivity index (χ1v) is 11.0. The summed E-state index contributed by atoms with van der Waals surface area (Å²) in [6.45, 7) is 10.4. The Hall–Kier alpha value is -1.92. The molecule has 0 radical (unpaired) electrons. The van der Waals surface area contributed by atoms with Gasteiger partial charge >= 0.3 is 5.97 Å². The monoisotopic (exact) mass is 417 g/mol. The summed E-state index contributed by atoms with van der Waals surface area (Å²) in [5, 5.41) is 23.4. The summed E-state index contributed by atoms with van der Waals surface area (Å²) in [5.74, 6) is -1.02. The van der Waals surface area contributed by atoms with Crippen molar-refractivity contribution >= 4 is 11.9 Å². The largest absolute Gasteiger partial charge is 0.444 e. The molecule has 0 aromatic heterocycles. The Labute approximate surface area is 179 Å². The molecule has 1 fully saturated rings. The number of hydrogen-bond donors (Lipinski definition) is 3. The number of aliphatic hydroxyl groups is 2. The molecular weight excluding hydrogens is 382 g/mol. The molecule has 1 saturated heterocycles. The molecule has 0 bridgehead atoms. The molecule has 1 aliphatic carbocycles. The molecule has 7 unspecified atom stereocenters. The van der Waals surface area contributed by atoms with Gasteiger partial charge in [-0.3, -0.25) is 4.79 Å². The summed E-state index contributed by atoms with van der Waals surface area (Å²) in [5.41, 5.74) is 0.858. The van der Waals surface area contributed by atoms with Gasteiger partial charge in [0.1, 0.15) is 0 Å². The van der Waals surface area contributed by atoms with Crippen molar-refractivity contribution in [2.24, 2.45) is 23.7 Å². The molecule has 3 N–H and O–H groups in total. The molecule has 1 spiro atoms. The first-order valence-electron chi connectivity index (χ1n) is 11.0. The van der Waals surface area contributed by atoms with E-state index in [0.717, 1.165) is 18.1 Å². The summed E-state index contributed by atoms with van der Waals surface area (Å²) in [4.78, 5) is 26.2. The van der Waals surface area contributed by atoms with Crippen LogP contribution in [0.15, 0.2) is 35.5 Å². The van der Waals surface area contributed by atoms with E-state index in [1.165, 1.54) is 11.6 Å². The Morgan fingerprint density at radius 1 is 1.23 bits per heavy atom. The SMILES string of the molecule is CC1=CC2C=C(C)C(C)C3C(CC(C)C)NC(=O)C23OC(=O)/C=C/C(O)C(O)CC1. The first kappa shape index (κ1) is 22.8. The summed E-state index contributed by atoms with van der Waals surface area (Å²) in [6, 6.07) is -0.0792. The predicted molar refractivity (Wildman–Crippen MR) is 114 cm³/mol. The van der Waals surface area contributed by atoms with Gasteiger partial charge in [0.2, 0.25) is 5.60 Å². The fraction of sp³-hybridized carbons (Fsp3) is 0.667. The number of allylic oxidation sites excluding steroid dienone is 2. The fourth-order valence-electron chi connectivity index (χ4n) is 5.27. The van der Waals surface area contributed by atoms with Crippen LogP contribution in [0, 0.1) is 23.7 Å². The molecule has 1 amide bonds. The minimum absolute atomic E-state index is 0.0785. The smallest absolute Gasteiger partial charge is 0.331 e. The van der Waals surface area contributed by atoms with Crippen LogP contribution in [0.4, 0.5) is 0 Å². The topological polar surface area (TPSA) is 95.9 Å². The number of nitrogens with one attached hydrogen (secondary N) is 1. The Balaban J connectivity index is 2.13. The van der Waals surface area contributed by atoms with Crippen LogP contribution in [0.25, 0.3) is 0 Å². The highest BCUT2D eigenvalue weighted by Crippen LogP contribution is 2.50. The molecule has 3 aliphatic rings. The van der Waals surface area contributed by atoms with Crippen LogP contribution in [0.3, 0.4) is 0 Å². The van der Waals surface area contributed by atoms with Crippen molar-refractivity contribution in [2.45, 2.75) is 77.7 Å². The maximum atomic E-state index is 13.4. The lowest BCUT2D eigenvalue weighted by molar-refractivity contribution is -0.172. The maximum absolute atomic E-state index is 13.4. The average Bonchev–Trinajstić information content (AvgIpc) is 2.93. The van der Waals surface area contributed by atoms with Crippen LogP contribution >= 0.6 is 0 Å². The molecule has 6 nitrogen and oxygen atoms in total. The Kier molecular flexibility index (Phi) is 6.58. The molecule has 2 heterocycles. The summed E-state index contributed by atoms with van der Waals surface area (Å²) < 4.78 is 5.99. The molecule has 0 aromatic carbocycles. The van der Waals surface area contributed by atoms with Crippen LogP contribution in [0.5, 0.6) is 0 Å². The van der Waals surface area contributed by atoms with Crippen molar-refractivity contribution in [3.05, 3.63) is 35.5 Å². The van der Waals surface area contributed by atoms with Gasteiger partial charge in [-0.2, -0.15) is 0 Å². The number of aliphatic hydroxyl groups excluding tert-OH is 2. The molecule has 3 rings (SSSR count). The third kappa shape index (κ3) is 4.12. The third-order valence-corrected chi connectivity index (χ3v) is 6.91. The van der Waals surface area contributed by atoms with E-state index >= 15 is 0 Å². The second kappa shape index (κ2) is 8.67. The normalized spacial score (nSPS) is 40.8. The van der Waals surface area contributed by atoms with Crippen LogP contribution < -0.4 is 5.32 Å². The van der Waals surface area contributed by atoms with Gasteiger partial charge in [-0.1, -0.05) is 44.1 Å². The molecule has 2 aliphatic heterocycles. The zero-order valence-electron chi connectivity index (χ0n) is 18.6. The van der Waals surface area contributed by atoms with Crippen LogP contribution in [-0.4, -0.2) is 45.9 Å². The molecule has 6 heteroatoms. The zero-order valence-corrected chi connectivity index (χ0v) is 18.6. The number of carbonyl (C=O) groups is 2. The third-order valence-electron chi connectivity index (χ3n) is 6.91. The predicted octanol–water partition coefficient (Wildman–Crippen LogP) is 2.66. The van der Waals surface area contributed by atoms with Crippen LogP contribution in [-0.2, 0) is 14.3 Å². The van der Waals surface area contributed by atoms with Gasteiger partial charge < -0.3 is 20.3 Å². The van der Waals surface area contributed by atoms with E-state index in [9.17, 15) is 19.8 Å². The number of esters is 1. The number of hydrogen-bond acceptors (Lipinski definition) is 5. The maximum Gasteiger partial charge on any atom is 0.331 e. The second-order valence-corrected chi connectivity index (χ2v) is 9.64. The van der Waals surface area contributed by atoms with E-state index in [2.05, 4.69) is 39.1 Å². The Morgan fingerprint density at radius 2 is 1.93 bits per heavy atom. The van der Waals surface area contributed by atoms with Gasteiger partial charge in [-0.15, -0.1) is 0 Å². The van der Waals surface area contributed by atoms with Gasteiger partial charge in [-0.25, -0.2) is 4.79 Å². The Morgan fingerprint density at radius 3 is 2.60 bits per heavy atom. The van der Waals surface area contributed by atoms with E-state index in [0.29, 0.717) is 18.8 Å². The van der Waals surface area contributed by atoms with Crippen molar-refractivity contribution in [3.8, 4) is 0 Å². The molecular formula is C24H35NO5. The highest BCUT2D eigenvalue weighted by atomic mass is 16.6. The van der Waals surface area contributed by atoms with E-state index in [-0.39, 0.29) is 29.7 Å². The van der Waals surface area contributed by atoms with E-state index in [1.54, 1.807) is 0 Å². The van der Waals surface area contributed by atoms with Crippen molar-refractivity contribution in [1.82, 2.24) is 5.32 Å². The van der Waals surface area contributed by atoms with Gasteiger partial charge in [0, 0.05) is 24.0 Å². The van der Waals surface area contributed by atoms with Crippen LogP contribution in [0.1, 0.15) is 53.9 Å². The molecule has 0 saturated carbocycles. The molecule has 166 valence electrons. The van der Waals surface area contributed by atoms with Gasteiger partial charge in [0.25, 0.3) is 5.91 Å². The summed E-state index contributed by atoms with van der Waals surface area (Å²) in [7, 11) is 0. The molecule has 0 aromatic rings. The summed E-state index contributed by atoms with van der Waals surface area (Å²) in [6.07, 6.45) is 6.06. The minimum atomic E-state index is -1.32. The highest BCUT2D eigenvalue weighted by Gasteiger charge is 2.64. The lowest BCUT2D eigenvalue weighted by Crippen LogP contribution is -2.56. The van der Waals surface area contributed by atoms with Crippen molar-refractivity contribution in [2.75, 3.05) is 0 Å². The second-order valence-electron chi connectivity index (χ2n) is 9.64. The van der Waals surface area contributed by atoms with Gasteiger partial charge in [-0.05, 0) is 51.0 Å². The van der Waals surface area contributed by atoms with Crippen molar-refractivity contribution < 1.29 is 24.5 Å². The highest BCUT2D eigenvalue weighted by molar-refractivity contribution is 5.94. The number of amides is 1. The standard InChI is InChI=1S/C24H35NO5/c1-13(2)10-18-22-16(5)15(4)12-17-11-14(3)6-7-19(26)20(27)8-9-21(28)30-24(17,22)23(29)25-18/h8-9,11-13,16-20,22,26-27H,6-7,10H2,1-5H3,(H,25,29)/b9-8+,14-11?. The quantitative estimate of drug-likeness (QED) is 0.474. The van der Waals surface area contributed by atoms with Gasteiger partial charge in [0.05, 0.1) is 12.2 Å². The van der Waals surface area contributed by atoms with E-state index in [1.807, 2.05) is 13.0 Å². The lowest BCUT2D eigenvalue weighted by atomic mass is 9.63. The zero-order chi connectivity index (χ0) is 22.2. The minimum Gasteiger partial charge on any atom is -0.444 e. The number of ether oxygens (including phenoxy) is 1. The first-order chi connectivity index (χ1) is 14.1.